The molecule has 0 aliphatic carbocycles. The van der Waals surface area contributed by atoms with Crippen LogP contribution in [0, 0.1) is 0 Å². The maximum absolute atomic E-state index is 13.2. The van der Waals surface area contributed by atoms with Gasteiger partial charge in [-0.1, -0.05) is 58.7 Å². The molecule has 0 bridgehead atoms. The number of rotatable bonds is 13. The molecule has 0 fully saturated rings. The first-order valence-corrected chi connectivity index (χ1v) is 15.2. The van der Waals surface area contributed by atoms with Gasteiger partial charge in [0, 0.05) is 23.7 Å². The van der Waals surface area contributed by atoms with E-state index in [-0.39, 0.29) is 17.9 Å². The van der Waals surface area contributed by atoms with Crippen LogP contribution in [0.5, 0.6) is 11.5 Å². The SMILES string of the molecule is CCCCOc1cc(OCCCC)c(C2NOC(C(=O)NCC)=C2c2ccc3c(c2)CCNCC3)cc1C(C)C. The standard InChI is InChI=1S/C33H47N3O4/c1-6-9-17-38-28-21-29(39-18-10-7-2)27(20-26(28)22(4)5)31-30(32(40-36-31)33(37)35-8-3)25-12-11-23-13-15-34-16-14-24(23)19-25/h11-12,19-22,31,34,36H,6-10,13-18H2,1-5H3,(H,35,37). The lowest BCUT2D eigenvalue weighted by Gasteiger charge is -2.23. The van der Waals surface area contributed by atoms with Crippen molar-refractivity contribution in [1.29, 1.82) is 0 Å². The minimum Gasteiger partial charge on any atom is -0.493 e. The second-order valence-corrected chi connectivity index (χ2v) is 11.0. The molecule has 0 radical (unpaired) electrons. The molecule has 0 spiro atoms. The molecular weight excluding hydrogens is 502 g/mol. The molecule has 0 aromatic heterocycles. The summed E-state index contributed by atoms with van der Waals surface area (Å²) in [5.41, 5.74) is 9.78. The number of carbonyl (C=O) groups excluding carboxylic acids is 1. The van der Waals surface area contributed by atoms with Gasteiger partial charge in [0.25, 0.3) is 5.91 Å². The van der Waals surface area contributed by atoms with E-state index in [1.54, 1.807) is 0 Å². The first-order valence-electron chi connectivity index (χ1n) is 15.2. The molecule has 7 nitrogen and oxygen atoms in total. The number of amides is 1. The van der Waals surface area contributed by atoms with Gasteiger partial charge in [0.2, 0.25) is 5.76 Å². The van der Waals surface area contributed by atoms with Crippen LogP contribution < -0.4 is 25.6 Å². The van der Waals surface area contributed by atoms with Gasteiger partial charge in [-0.2, -0.15) is 0 Å². The van der Waals surface area contributed by atoms with Gasteiger partial charge in [0.05, 0.1) is 13.2 Å². The molecule has 2 aromatic carbocycles. The van der Waals surface area contributed by atoms with E-state index in [2.05, 4.69) is 68.1 Å². The van der Waals surface area contributed by atoms with Crippen LogP contribution in [0.1, 0.15) is 100 Å². The van der Waals surface area contributed by atoms with E-state index in [1.807, 2.05) is 13.0 Å². The Morgan fingerprint density at radius 1 is 0.975 bits per heavy atom. The van der Waals surface area contributed by atoms with Crippen LogP contribution in [0.25, 0.3) is 5.57 Å². The molecule has 1 amide bonds. The van der Waals surface area contributed by atoms with Crippen LogP contribution in [0.3, 0.4) is 0 Å². The molecule has 2 aliphatic rings. The van der Waals surface area contributed by atoms with E-state index < -0.39 is 0 Å². The van der Waals surface area contributed by atoms with Crippen LogP contribution in [0.2, 0.25) is 0 Å². The molecular formula is C33H47N3O4. The Hall–Kier alpha value is -3.03. The van der Waals surface area contributed by atoms with Gasteiger partial charge >= 0.3 is 0 Å². The van der Waals surface area contributed by atoms with Gasteiger partial charge in [-0.15, -0.1) is 5.48 Å². The normalized spacial score (nSPS) is 16.9. The molecule has 218 valence electrons. The molecule has 7 heteroatoms. The topological polar surface area (TPSA) is 80.8 Å². The zero-order valence-corrected chi connectivity index (χ0v) is 25.0. The van der Waals surface area contributed by atoms with Crippen molar-refractivity contribution in [3.8, 4) is 11.5 Å². The minimum atomic E-state index is -0.377. The molecule has 1 unspecified atom stereocenters. The van der Waals surface area contributed by atoms with Crippen molar-refractivity contribution >= 4 is 11.5 Å². The number of nitrogens with one attached hydrogen (secondary N) is 3. The summed E-state index contributed by atoms with van der Waals surface area (Å²) in [4.78, 5) is 19.2. The van der Waals surface area contributed by atoms with Crippen molar-refractivity contribution < 1.29 is 19.1 Å². The van der Waals surface area contributed by atoms with Crippen LogP contribution >= 0.6 is 0 Å². The second-order valence-electron chi connectivity index (χ2n) is 11.0. The third-order valence-corrected chi connectivity index (χ3v) is 7.60. The van der Waals surface area contributed by atoms with Crippen molar-refractivity contribution in [2.45, 2.75) is 85.1 Å². The Balaban J connectivity index is 1.84. The van der Waals surface area contributed by atoms with Crippen LogP contribution in [0.4, 0.5) is 0 Å². The smallest absolute Gasteiger partial charge is 0.289 e. The summed E-state index contributed by atoms with van der Waals surface area (Å²) in [5.74, 6) is 1.97. The highest BCUT2D eigenvalue weighted by atomic mass is 16.7. The quantitative estimate of drug-likeness (QED) is 0.267. The monoisotopic (exact) mass is 549 g/mol. The number of fused-ring (bicyclic) bond motifs is 1. The van der Waals surface area contributed by atoms with E-state index in [0.717, 1.165) is 85.4 Å². The maximum Gasteiger partial charge on any atom is 0.289 e. The summed E-state index contributed by atoms with van der Waals surface area (Å²) < 4.78 is 12.7. The maximum atomic E-state index is 13.2. The number of carbonyl (C=O) groups is 1. The lowest BCUT2D eigenvalue weighted by Crippen LogP contribution is -2.25. The third kappa shape index (κ3) is 6.99. The zero-order valence-electron chi connectivity index (χ0n) is 25.0. The highest BCUT2D eigenvalue weighted by Gasteiger charge is 2.36. The van der Waals surface area contributed by atoms with Crippen molar-refractivity contribution in [2.75, 3.05) is 32.8 Å². The number of hydrogen-bond acceptors (Lipinski definition) is 6. The molecule has 4 rings (SSSR count). The van der Waals surface area contributed by atoms with E-state index in [4.69, 9.17) is 14.3 Å². The second kappa shape index (κ2) is 14.6. The molecule has 40 heavy (non-hydrogen) atoms. The average molecular weight is 550 g/mol. The Morgan fingerprint density at radius 3 is 2.35 bits per heavy atom. The van der Waals surface area contributed by atoms with Crippen LogP contribution in [-0.4, -0.2) is 38.8 Å². The van der Waals surface area contributed by atoms with Crippen molar-refractivity contribution in [1.82, 2.24) is 16.1 Å². The zero-order chi connectivity index (χ0) is 28.5. The van der Waals surface area contributed by atoms with E-state index >= 15 is 0 Å². The number of likely N-dealkylation sites (N-methyl/N-ethyl adjacent to an activating group) is 1. The summed E-state index contributed by atoms with van der Waals surface area (Å²) in [6.07, 6.45) is 6.03. The Labute approximate surface area is 240 Å². The minimum absolute atomic E-state index is 0.221. The van der Waals surface area contributed by atoms with Gasteiger partial charge in [-0.3, -0.25) is 4.79 Å². The lowest BCUT2D eigenvalue weighted by atomic mass is 9.87. The highest BCUT2D eigenvalue weighted by molar-refractivity contribution is 6.01. The number of hydrogen-bond donors (Lipinski definition) is 3. The summed E-state index contributed by atoms with van der Waals surface area (Å²) in [7, 11) is 0. The van der Waals surface area contributed by atoms with Gasteiger partial charge in [0.15, 0.2) is 0 Å². The average Bonchev–Trinajstić information content (AvgIpc) is 3.25. The van der Waals surface area contributed by atoms with Gasteiger partial charge < -0.3 is 24.9 Å². The predicted molar refractivity (Wildman–Crippen MR) is 161 cm³/mol. The summed E-state index contributed by atoms with van der Waals surface area (Å²) in [6.45, 7) is 14.3. The van der Waals surface area contributed by atoms with Gasteiger partial charge in [-0.25, -0.2) is 0 Å². The molecule has 2 aliphatic heterocycles. The molecule has 0 saturated carbocycles. The highest BCUT2D eigenvalue weighted by Crippen LogP contribution is 2.45. The van der Waals surface area contributed by atoms with E-state index in [0.29, 0.717) is 25.5 Å². The molecule has 2 heterocycles. The lowest BCUT2D eigenvalue weighted by molar-refractivity contribution is -0.121. The summed E-state index contributed by atoms with van der Waals surface area (Å²) >= 11 is 0. The molecule has 2 aromatic rings. The van der Waals surface area contributed by atoms with Crippen molar-refractivity contribution in [2.24, 2.45) is 0 Å². The Kier molecular flexibility index (Phi) is 10.9. The van der Waals surface area contributed by atoms with Crippen LogP contribution in [-0.2, 0) is 22.5 Å². The number of unbranched alkanes of at least 4 members (excludes halogenated alkanes) is 2. The number of hydroxylamine groups is 1. The first kappa shape index (κ1) is 29.9. The van der Waals surface area contributed by atoms with Gasteiger partial charge in [-0.05, 0) is 79.9 Å². The van der Waals surface area contributed by atoms with Crippen LogP contribution in [0.15, 0.2) is 36.1 Å². The molecule has 0 saturated heterocycles. The predicted octanol–water partition coefficient (Wildman–Crippen LogP) is 5.98. The Bertz CT molecular complexity index is 1190. The summed E-state index contributed by atoms with van der Waals surface area (Å²) in [5, 5.41) is 6.42. The fourth-order valence-electron chi connectivity index (χ4n) is 5.31. The largest absolute Gasteiger partial charge is 0.493 e. The van der Waals surface area contributed by atoms with Crippen molar-refractivity contribution in [3.63, 3.8) is 0 Å². The number of benzene rings is 2. The number of ether oxygens (including phenoxy) is 2. The molecule has 3 N–H and O–H groups in total. The molecule has 1 atom stereocenters. The van der Waals surface area contributed by atoms with E-state index in [1.165, 1.54) is 11.1 Å². The van der Waals surface area contributed by atoms with E-state index in [9.17, 15) is 4.79 Å². The third-order valence-electron chi connectivity index (χ3n) is 7.60. The van der Waals surface area contributed by atoms with Crippen molar-refractivity contribution in [3.05, 3.63) is 63.9 Å². The fourth-order valence-corrected chi connectivity index (χ4v) is 5.31. The summed E-state index contributed by atoms with van der Waals surface area (Å²) in [6, 6.07) is 10.4. The first-order chi connectivity index (χ1) is 19.5. The van der Waals surface area contributed by atoms with Gasteiger partial charge in [0.1, 0.15) is 17.5 Å². The fraction of sp³-hybridized carbons (Fsp3) is 0.545. The Morgan fingerprint density at radius 2 is 1.68 bits per heavy atom.